The van der Waals surface area contributed by atoms with E-state index in [0.717, 1.165) is 0 Å². The Hall–Kier alpha value is -1.78. The maximum atomic E-state index is 13.6. The molecule has 0 radical (unpaired) electrons. The Balaban J connectivity index is 1.78. The average Bonchev–Trinajstić information content (AvgIpc) is 2.80. The molecular formula is C17H19BrFN3O4S. The third-order valence-corrected chi connectivity index (χ3v) is 7.02. The first-order chi connectivity index (χ1) is 12.7. The molecule has 0 N–H and O–H groups in total. The van der Waals surface area contributed by atoms with Gasteiger partial charge in [0.1, 0.15) is 16.4 Å². The molecule has 1 amide bonds. The van der Waals surface area contributed by atoms with Gasteiger partial charge in [0.2, 0.25) is 10.0 Å². The highest BCUT2D eigenvalue weighted by molar-refractivity contribution is 9.10. The Morgan fingerprint density at radius 1 is 1.19 bits per heavy atom. The minimum atomic E-state index is -3.76. The van der Waals surface area contributed by atoms with Gasteiger partial charge in [0.25, 0.3) is 5.91 Å². The zero-order valence-corrected chi connectivity index (χ0v) is 17.3. The molecular weight excluding hydrogens is 441 g/mol. The molecule has 27 heavy (non-hydrogen) atoms. The van der Waals surface area contributed by atoms with Gasteiger partial charge < -0.3 is 9.42 Å². The average molecular weight is 460 g/mol. The number of halogens is 2. The molecule has 1 aromatic carbocycles. The van der Waals surface area contributed by atoms with Gasteiger partial charge >= 0.3 is 0 Å². The quantitative estimate of drug-likeness (QED) is 0.704. The SMILES string of the molecule is Cc1noc(C)c1S(=O)(=O)N1CCCN(C(=O)c2cc(F)cc(Br)c2)CC1. The van der Waals surface area contributed by atoms with Crippen LogP contribution < -0.4 is 0 Å². The van der Waals surface area contributed by atoms with Crippen LogP contribution in [-0.4, -0.2) is 54.9 Å². The first-order valence-electron chi connectivity index (χ1n) is 8.38. The Labute approximate surface area is 165 Å². The Morgan fingerprint density at radius 3 is 2.56 bits per heavy atom. The van der Waals surface area contributed by atoms with Crippen molar-refractivity contribution in [2.75, 3.05) is 26.2 Å². The van der Waals surface area contributed by atoms with Crippen molar-refractivity contribution >= 4 is 31.9 Å². The van der Waals surface area contributed by atoms with Crippen LogP contribution >= 0.6 is 15.9 Å². The van der Waals surface area contributed by atoms with E-state index in [9.17, 15) is 17.6 Å². The molecule has 0 atom stereocenters. The minimum Gasteiger partial charge on any atom is -0.360 e. The van der Waals surface area contributed by atoms with Crippen LogP contribution in [0.5, 0.6) is 0 Å². The molecule has 0 aliphatic carbocycles. The molecule has 0 saturated carbocycles. The van der Waals surface area contributed by atoms with Crippen LogP contribution in [0.3, 0.4) is 0 Å². The summed E-state index contributed by atoms with van der Waals surface area (Å²) in [5.41, 5.74) is 0.540. The lowest BCUT2D eigenvalue weighted by Gasteiger charge is -2.22. The largest absolute Gasteiger partial charge is 0.360 e. The summed E-state index contributed by atoms with van der Waals surface area (Å²) in [6.07, 6.45) is 0.477. The van der Waals surface area contributed by atoms with Crippen molar-refractivity contribution in [1.29, 1.82) is 0 Å². The van der Waals surface area contributed by atoms with Gasteiger partial charge in [-0.25, -0.2) is 12.8 Å². The molecule has 1 aromatic heterocycles. The predicted molar refractivity (Wildman–Crippen MR) is 99.4 cm³/mol. The van der Waals surface area contributed by atoms with Crippen LogP contribution in [0.1, 0.15) is 28.2 Å². The molecule has 10 heteroatoms. The van der Waals surface area contributed by atoms with Crippen molar-refractivity contribution in [2.24, 2.45) is 0 Å². The normalized spacial score (nSPS) is 16.4. The molecule has 1 fully saturated rings. The lowest BCUT2D eigenvalue weighted by Crippen LogP contribution is -2.37. The van der Waals surface area contributed by atoms with E-state index in [0.29, 0.717) is 23.1 Å². The summed E-state index contributed by atoms with van der Waals surface area (Å²) in [5, 5.41) is 3.71. The Bertz CT molecular complexity index is 937. The standard InChI is InChI=1S/C17H19BrFN3O4S/c1-11-16(12(2)26-20-11)27(24,25)22-5-3-4-21(6-7-22)17(23)13-8-14(18)10-15(19)9-13/h8-10H,3-7H2,1-2H3. The van der Waals surface area contributed by atoms with E-state index in [2.05, 4.69) is 21.1 Å². The van der Waals surface area contributed by atoms with E-state index in [1.165, 1.54) is 16.4 Å². The Morgan fingerprint density at radius 2 is 1.93 bits per heavy atom. The van der Waals surface area contributed by atoms with Gasteiger partial charge in [-0.15, -0.1) is 0 Å². The fourth-order valence-corrected chi connectivity index (χ4v) is 5.40. The van der Waals surface area contributed by atoms with E-state index in [1.54, 1.807) is 24.8 Å². The lowest BCUT2D eigenvalue weighted by molar-refractivity contribution is 0.0763. The highest BCUT2D eigenvalue weighted by Crippen LogP contribution is 2.25. The summed E-state index contributed by atoms with van der Waals surface area (Å²) in [6.45, 7) is 4.18. The molecule has 146 valence electrons. The number of nitrogens with zero attached hydrogens (tertiary/aromatic N) is 3. The summed E-state index contributed by atoms with van der Waals surface area (Å²) >= 11 is 3.18. The number of hydrogen-bond acceptors (Lipinski definition) is 5. The van der Waals surface area contributed by atoms with E-state index in [-0.39, 0.29) is 41.8 Å². The van der Waals surface area contributed by atoms with Crippen molar-refractivity contribution in [3.05, 3.63) is 45.5 Å². The smallest absolute Gasteiger partial charge is 0.254 e. The van der Waals surface area contributed by atoms with E-state index < -0.39 is 15.8 Å². The van der Waals surface area contributed by atoms with Gasteiger partial charge in [0.05, 0.1) is 0 Å². The number of benzene rings is 1. The van der Waals surface area contributed by atoms with Gasteiger partial charge in [-0.05, 0) is 38.5 Å². The van der Waals surface area contributed by atoms with Gasteiger partial charge in [-0.2, -0.15) is 4.31 Å². The first kappa shape index (κ1) is 20.0. The predicted octanol–water partition coefficient (Wildman–Crippen LogP) is 2.73. The van der Waals surface area contributed by atoms with Gasteiger partial charge in [0.15, 0.2) is 5.76 Å². The molecule has 1 aliphatic heterocycles. The molecule has 2 aromatic rings. The highest BCUT2D eigenvalue weighted by atomic mass is 79.9. The van der Waals surface area contributed by atoms with Crippen LogP contribution in [0, 0.1) is 19.7 Å². The van der Waals surface area contributed by atoms with Crippen molar-refractivity contribution in [1.82, 2.24) is 14.4 Å². The molecule has 3 rings (SSSR count). The summed E-state index contributed by atoms with van der Waals surface area (Å²) < 4.78 is 46.3. The first-order valence-corrected chi connectivity index (χ1v) is 10.6. The number of hydrogen-bond donors (Lipinski definition) is 0. The summed E-state index contributed by atoms with van der Waals surface area (Å²) in [5.74, 6) is -0.591. The van der Waals surface area contributed by atoms with Crippen molar-refractivity contribution in [2.45, 2.75) is 25.2 Å². The topological polar surface area (TPSA) is 83.7 Å². The molecule has 0 bridgehead atoms. The highest BCUT2D eigenvalue weighted by Gasteiger charge is 2.33. The third kappa shape index (κ3) is 4.07. The van der Waals surface area contributed by atoms with Crippen LogP contribution in [0.25, 0.3) is 0 Å². The second kappa shape index (κ2) is 7.69. The monoisotopic (exact) mass is 459 g/mol. The summed E-state index contributed by atoms with van der Waals surface area (Å²) in [6, 6.07) is 4.00. The number of carbonyl (C=O) groups is 1. The molecule has 0 unspecified atom stereocenters. The molecule has 0 spiro atoms. The van der Waals surface area contributed by atoms with Crippen LogP contribution in [0.4, 0.5) is 4.39 Å². The number of aromatic nitrogens is 1. The summed E-state index contributed by atoms with van der Waals surface area (Å²) in [7, 11) is -3.76. The van der Waals surface area contributed by atoms with E-state index in [1.807, 2.05) is 0 Å². The van der Waals surface area contributed by atoms with Gasteiger partial charge in [-0.1, -0.05) is 21.1 Å². The second-order valence-electron chi connectivity index (χ2n) is 6.36. The number of carbonyl (C=O) groups excluding carboxylic acids is 1. The molecule has 1 aliphatic rings. The van der Waals surface area contributed by atoms with Gasteiger partial charge in [0, 0.05) is 36.2 Å². The van der Waals surface area contributed by atoms with Crippen LogP contribution in [0.2, 0.25) is 0 Å². The van der Waals surface area contributed by atoms with Crippen LogP contribution in [0.15, 0.2) is 32.1 Å². The minimum absolute atomic E-state index is 0.0799. The third-order valence-electron chi connectivity index (χ3n) is 4.42. The fourth-order valence-electron chi connectivity index (χ4n) is 3.17. The van der Waals surface area contributed by atoms with Crippen LogP contribution in [-0.2, 0) is 10.0 Å². The Kier molecular flexibility index (Phi) is 5.68. The lowest BCUT2D eigenvalue weighted by atomic mass is 10.2. The molecule has 2 heterocycles. The number of sulfonamides is 1. The summed E-state index contributed by atoms with van der Waals surface area (Å²) in [4.78, 5) is 14.3. The van der Waals surface area contributed by atoms with E-state index in [4.69, 9.17) is 4.52 Å². The molecule has 1 saturated heterocycles. The number of amides is 1. The number of rotatable bonds is 3. The number of aryl methyl sites for hydroxylation is 2. The van der Waals surface area contributed by atoms with Crippen molar-refractivity contribution in [3.8, 4) is 0 Å². The zero-order chi connectivity index (χ0) is 19.8. The zero-order valence-electron chi connectivity index (χ0n) is 14.9. The maximum Gasteiger partial charge on any atom is 0.254 e. The van der Waals surface area contributed by atoms with Gasteiger partial charge in [-0.3, -0.25) is 4.79 Å². The fraction of sp³-hybridized carbons (Fsp3) is 0.412. The maximum absolute atomic E-state index is 13.6. The molecule has 7 nitrogen and oxygen atoms in total. The van der Waals surface area contributed by atoms with Crippen molar-refractivity contribution < 1.29 is 22.1 Å². The second-order valence-corrected chi connectivity index (χ2v) is 9.15. The van der Waals surface area contributed by atoms with E-state index >= 15 is 0 Å². The van der Waals surface area contributed by atoms with Crippen molar-refractivity contribution in [3.63, 3.8) is 0 Å².